The van der Waals surface area contributed by atoms with Crippen molar-refractivity contribution in [3.63, 3.8) is 0 Å². The van der Waals surface area contributed by atoms with Crippen molar-refractivity contribution in [3.05, 3.63) is 47.4 Å². The lowest BCUT2D eigenvalue weighted by atomic mass is 10.3. The zero-order chi connectivity index (χ0) is 12.3. The van der Waals surface area contributed by atoms with Gasteiger partial charge < -0.3 is 5.32 Å². The number of nitrogens with one attached hydrogen (secondary N) is 2. The number of halogens is 2. The molecular weight excluding hydrogens is 245 g/mol. The molecule has 0 atom stereocenters. The van der Waals surface area contributed by atoms with Crippen LogP contribution in [0.15, 0.2) is 36.5 Å². The van der Waals surface area contributed by atoms with Crippen LogP contribution in [0.3, 0.4) is 0 Å². The maximum Gasteiger partial charge on any atom is 0.132 e. The first kappa shape index (κ1) is 11.6. The molecule has 0 amide bonds. The Hall–Kier alpha value is -1.85. The van der Waals surface area contributed by atoms with E-state index in [4.69, 9.17) is 16.8 Å². The van der Waals surface area contributed by atoms with E-state index in [9.17, 15) is 4.39 Å². The highest BCUT2D eigenvalue weighted by atomic mass is 35.5. The minimum absolute atomic E-state index is 0.295. The summed E-state index contributed by atoms with van der Waals surface area (Å²) in [4.78, 5) is 4.01. The highest BCUT2D eigenvalue weighted by molar-refractivity contribution is 6.30. The molecule has 6 heteroatoms. The minimum atomic E-state index is -0.434. The van der Waals surface area contributed by atoms with Gasteiger partial charge in [-0.3, -0.25) is 10.7 Å². The second-order valence-electron chi connectivity index (χ2n) is 3.32. The zero-order valence-electron chi connectivity index (χ0n) is 8.61. The lowest BCUT2D eigenvalue weighted by Gasteiger charge is -2.07. The Labute approximate surface area is 102 Å². The second kappa shape index (κ2) is 4.99. The molecule has 88 valence electrons. The molecule has 2 rings (SSSR count). The fraction of sp³-hybridized carbons (Fsp3) is 0. The third kappa shape index (κ3) is 3.05. The lowest BCUT2D eigenvalue weighted by molar-refractivity contribution is 0.389. The van der Waals surface area contributed by atoms with Crippen LogP contribution in [0.1, 0.15) is 0 Å². The molecule has 0 bridgehead atoms. The molecule has 0 aliphatic carbocycles. The summed E-state index contributed by atoms with van der Waals surface area (Å²) in [7, 11) is 0. The first-order chi connectivity index (χ1) is 8.17. The van der Waals surface area contributed by atoms with Gasteiger partial charge in [-0.25, -0.2) is 9.37 Å². The van der Waals surface area contributed by atoms with Crippen LogP contribution in [0.25, 0.3) is 0 Å². The van der Waals surface area contributed by atoms with Crippen LogP contribution >= 0.6 is 11.6 Å². The van der Waals surface area contributed by atoms with Crippen LogP contribution in [0.5, 0.6) is 0 Å². The zero-order valence-corrected chi connectivity index (χ0v) is 9.37. The van der Waals surface area contributed by atoms with Gasteiger partial charge in [-0.15, -0.1) is 0 Å². The smallest absolute Gasteiger partial charge is 0.132 e. The van der Waals surface area contributed by atoms with Gasteiger partial charge in [0, 0.05) is 23.0 Å². The molecule has 0 saturated carbocycles. The van der Waals surface area contributed by atoms with Gasteiger partial charge in [0.05, 0.1) is 5.69 Å². The van der Waals surface area contributed by atoms with Crippen LogP contribution < -0.4 is 10.8 Å². The van der Waals surface area contributed by atoms with Gasteiger partial charge >= 0.3 is 0 Å². The molecule has 0 aliphatic heterocycles. The molecular formula is C11H9ClFN3O. The Balaban J connectivity index is 2.24. The van der Waals surface area contributed by atoms with Crippen molar-refractivity contribution in [3.8, 4) is 0 Å². The van der Waals surface area contributed by atoms with Crippen LogP contribution in [-0.4, -0.2) is 10.2 Å². The summed E-state index contributed by atoms with van der Waals surface area (Å²) in [6.45, 7) is 0. The van der Waals surface area contributed by atoms with Crippen molar-refractivity contribution in [1.29, 1.82) is 0 Å². The molecule has 2 aromatic rings. The van der Waals surface area contributed by atoms with Crippen LogP contribution in [0, 0.1) is 5.82 Å². The van der Waals surface area contributed by atoms with Gasteiger partial charge in [0.15, 0.2) is 0 Å². The predicted octanol–water partition coefficient (Wildman–Crippen LogP) is 3.42. The van der Waals surface area contributed by atoms with Gasteiger partial charge in [-0.05, 0) is 24.3 Å². The van der Waals surface area contributed by atoms with Crippen LogP contribution in [0.4, 0.5) is 21.6 Å². The normalized spacial score (nSPS) is 10.1. The second-order valence-corrected chi connectivity index (χ2v) is 3.76. The van der Waals surface area contributed by atoms with Crippen molar-refractivity contribution in [2.75, 3.05) is 10.8 Å². The van der Waals surface area contributed by atoms with E-state index in [-0.39, 0.29) is 0 Å². The average Bonchev–Trinajstić information content (AvgIpc) is 2.28. The Morgan fingerprint density at radius 2 is 2.00 bits per heavy atom. The first-order valence-electron chi connectivity index (χ1n) is 4.76. The van der Waals surface area contributed by atoms with Crippen molar-refractivity contribution in [2.45, 2.75) is 0 Å². The summed E-state index contributed by atoms with van der Waals surface area (Å²) in [5, 5.41) is 11.9. The van der Waals surface area contributed by atoms with Gasteiger partial charge in [0.2, 0.25) is 0 Å². The Bertz CT molecular complexity index is 516. The number of benzene rings is 1. The molecule has 0 unspecified atom stereocenters. The fourth-order valence-corrected chi connectivity index (χ4v) is 1.56. The van der Waals surface area contributed by atoms with Crippen molar-refractivity contribution in [1.82, 2.24) is 4.98 Å². The average molecular weight is 254 g/mol. The summed E-state index contributed by atoms with van der Waals surface area (Å²) in [6.07, 6.45) is 1.50. The molecule has 17 heavy (non-hydrogen) atoms. The van der Waals surface area contributed by atoms with Gasteiger partial charge in [0.1, 0.15) is 11.6 Å². The number of hydrogen-bond donors (Lipinski definition) is 3. The molecule has 0 fully saturated rings. The van der Waals surface area contributed by atoms with E-state index in [0.717, 1.165) is 0 Å². The van der Waals surface area contributed by atoms with E-state index >= 15 is 0 Å². The van der Waals surface area contributed by atoms with E-state index < -0.39 is 5.82 Å². The number of nitrogens with zero attached hydrogens (tertiary/aromatic N) is 1. The minimum Gasteiger partial charge on any atom is -0.340 e. The van der Waals surface area contributed by atoms with Crippen molar-refractivity contribution >= 4 is 28.8 Å². The van der Waals surface area contributed by atoms with E-state index in [1.54, 1.807) is 18.2 Å². The highest BCUT2D eigenvalue weighted by Gasteiger charge is 2.01. The number of anilines is 3. The molecule has 0 saturated heterocycles. The van der Waals surface area contributed by atoms with E-state index in [2.05, 4.69) is 10.3 Å². The van der Waals surface area contributed by atoms with Gasteiger partial charge in [0.25, 0.3) is 0 Å². The standard InChI is InChI=1S/C11H9ClFN3O/c12-7-3-8(13)5-10(4-7)15-11-6-9(16-17)1-2-14-11/h1-6,17H,(H2,14,15,16). The Kier molecular flexibility index (Phi) is 3.41. The third-order valence-corrected chi connectivity index (χ3v) is 2.24. The number of hydrogen-bond acceptors (Lipinski definition) is 4. The molecule has 0 aliphatic rings. The summed E-state index contributed by atoms with van der Waals surface area (Å²) in [5.74, 6) is 0.0298. The van der Waals surface area contributed by atoms with E-state index in [1.165, 1.54) is 18.3 Å². The molecule has 1 heterocycles. The monoisotopic (exact) mass is 253 g/mol. The maximum atomic E-state index is 13.1. The van der Waals surface area contributed by atoms with Crippen LogP contribution in [-0.2, 0) is 0 Å². The van der Waals surface area contributed by atoms with Crippen molar-refractivity contribution in [2.24, 2.45) is 0 Å². The van der Waals surface area contributed by atoms with E-state index in [0.29, 0.717) is 22.2 Å². The molecule has 4 nitrogen and oxygen atoms in total. The molecule has 1 aromatic carbocycles. The molecule has 1 aromatic heterocycles. The SMILES string of the molecule is ONc1ccnc(Nc2cc(F)cc(Cl)c2)c1. The molecule has 0 spiro atoms. The number of aromatic nitrogens is 1. The van der Waals surface area contributed by atoms with Gasteiger partial charge in [-0.1, -0.05) is 11.6 Å². The van der Waals surface area contributed by atoms with Crippen molar-refractivity contribution < 1.29 is 9.60 Å². The lowest BCUT2D eigenvalue weighted by Crippen LogP contribution is -1.96. The quantitative estimate of drug-likeness (QED) is 0.734. The number of pyridine rings is 1. The predicted molar refractivity (Wildman–Crippen MR) is 64.3 cm³/mol. The van der Waals surface area contributed by atoms with Crippen LogP contribution in [0.2, 0.25) is 5.02 Å². The maximum absolute atomic E-state index is 13.1. The first-order valence-corrected chi connectivity index (χ1v) is 5.14. The topological polar surface area (TPSA) is 57.2 Å². The Morgan fingerprint density at radius 3 is 2.71 bits per heavy atom. The molecule has 0 radical (unpaired) electrons. The Morgan fingerprint density at radius 1 is 1.18 bits per heavy atom. The highest BCUT2D eigenvalue weighted by Crippen LogP contribution is 2.22. The van der Waals surface area contributed by atoms with E-state index in [1.807, 2.05) is 5.48 Å². The summed E-state index contributed by atoms with van der Waals surface area (Å²) < 4.78 is 13.1. The number of rotatable bonds is 3. The molecule has 3 N–H and O–H groups in total. The third-order valence-electron chi connectivity index (χ3n) is 2.02. The summed E-state index contributed by atoms with van der Waals surface area (Å²) in [5.41, 5.74) is 2.96. The summed E-state index contributed by atoms with van der Waals surface area (Å²) in [6, 6.07) is 7.24. The van der Waals surface area contributed by atoms with Gasteiger partial charge in [-0.2, -0.15) is 0 Å². The fourth-order valence-electron chi connectivity index (χ4n) is 1.34. The largest absolute Gasteiger partial charge is 0.340 e. The summed E-state index contributed by atoms with van der Waals surface area (Å²) >= 11 is 5.72.